The van der Waals surface area contributed by atoms with Crippen molar-refractivity contribution in [3.63, 3.8) is 0 Å². The lowest BCUT2D eigenvalue weighted by atomic mass is 9.95. The maximum atomic E-state index is 12.1. The SMILES string of the molecule is Cc1cc(C)c(NC(=O)C(=O)NC2CCCCC2)c(C)c1. The fourth-order valence-electron chi connectivity index (χ4n) is 3.05. The fraction of sp³-hybridized carbons (Fsp3) is 0.529. The third-order valence-electron chi connectivity index (χ3n) is 4.06. The van der Waals surface area contributed by atoms with Gasteiger partial charge in [0, 0.05) is 11.7 Å². The summed E-state index contributed by atoms with van der Waals surface area (Å²) in [4.78, 5) is 24.0. The predicted octanol–water partition coefficient (Wildman–Crippen LogP) is 3.00. The van der Waals surface area contributed by atoms with E-state index >= 15 is 0 Å². The van der Waals surface area contributed by atoms with Gasteiger partial charge in [0.1, 0.15) is 0 Å². The van der Waals surface area contributed by atoms with Crippen molar-refractivity contribution in [2.24, 2.45) is 0 Å². The van der Waals surface area contributed by atoms with Crippen molar-refractivity contribution >= 4 is 17.5 Å². The summed E-state index contributed by atoms with van der Waals surface area (Å²) < 4.78 is 0. The molecule has 1 saturated carbocycles. The van der Waals surface area contributed by atoms with Gasteiger partial charge in [-0.1, -0.05) is 37.0 Å². The molecule has 1 aliphatic rings. The van der Waals surface area contributed by atoms with Gasteiger partial charge in [-0.2, -0.15) is 0 Å². The molecule has 2 rings (SSSR count). The van der Waals surface area contributed by atoms with Gasteiger partial charge in [0.15, 0.2) is 0 Å². The Morgan fingerprint density at radius 3 is 2.10 bits per heavy atom. The standard InChI is InChI=1S/C17H24N2O2/c1-11-9-12(2)15(13(3)10-11)19-17(21)16(20)18-14-7-5-4-6-8-14/h9-10,14H,4-8H2,1-3H3,(H,18,20)(H,19,21). The molecule has 0 spiro atoms. The van der Waals surface area contributed by atoms with Crippen LogP contribution in [-0.2, 0) is 9.59 Å². The van der Waals surface area contributed by atoms with Gasteiger partial charge in [-0.15, -0.1) is 0 Å². The van der Waals surface area contributed by atoms with E-state index in [0.717, 1.165) is 48.1 Å². The number of hydrogen-bond acceptors (Lipinski definition) is 2. The van der Waals surface area contributed by atoms with E-state index in [4.69, 9.17) is 0 Å². The second-order valence-corrected chi connectivity index (χ2v) is 6.04. The first-order valence-corrected chi connectivity index (χ1v) is 7.67. The van der Waals surface area contributed by atoms with Gasteiger partial charge in [-0.3, -0.25) is 9.59 Å². The molecule has 0 radical (unpaired) electrons. The number of carbonyl (C=O) groups excluding carboxylic acids is 2. The van der Waals surface area contributed by atoms with E-state index in [1.54, 1.807) is 0 Å². The minimum absolute atomic E-state index is 0.150. The van der Waals surface area contributed by atoms with Crippen LogP contribution < -0.4 is 10.6 Å². The van der Waals surface area contributed by atoms with Crippen molar-refractivity contribution in [3.05, 3.63) is 28.8 Å². The molecule has 0 bridgehead atoms. The molecule has 4 nitrogen and oxygen atoms in total. The van der Waals surface area contributed by atoms with E-state index in [2.05, 4.69) is 10.6 Å². The summed E-state index contributed by atoms with van der Waals surface area (Å²) in [6.07, 6.45) is 5.43. The molecule has 0 unspecified atom stereocenters. The van der Waals surface area contributed by atoms with Gasteiger partial charge < -0.3 is 10.6 Å². The van der Waals surface area contributed by atoms with Gasteiger partial charge in [-0.25, -0.2) is 0 Å². The lowest BCUT2D eigenvalue weighted by Gasteiger charge is -2.22. The van der Waals surface area contributed by atoms with Crippen molar-refractivity contribution in [1.29, 1.82) is 0 Å². The molecule has 1 aromatic carbocycles. The number of aryl methyl sites for hydroxylation is 3. The Hall–Kier alpha value is -1.84. The number of carbonyl (C=O) groups is 2. The van der Waals surface area contributed by atoms with Crippen LogP contribution in [0.1, 0.15) is 48.8 Å². The smallest absolute Gasteiger partial charge is 0.313 e. The van der Waals surface area contributed by atoms with E-state index in [-0.39, 0.29) is 6.04 Å². The number of hydrogen-bond donors (Lipinski definition) is 2. The molecule has 0 aromatic heterocycles. The van der Waals surface area contributed by atoms with Crippen molar-refractivity contribution in [2.75, 3.05) is 5.32 Å². The summed E-state index contributed by atoms with van der Waals surface area (Å²) in [7, 11) is 0. The normalized spacial score (nSPS) is 15.6. The lowest BCUT2D eigenvalue weighted by molar-refractivity contribution is -0.136. The number of nitrogens with one attached hydrogen (secondary N) is 2. The molecule has 0 aliphatic heterocycles. The van der Waals surface area contributed by atoms with Crippen molar-refractivity contribution < 1.29 is 9.59 Å². The topological polar surface area (TPSA) is 58.2 Å². The second kappa shape index (κ2) is 6.74. The summed E-state index contributed by atoms with van der Waals surface area (Å²) in [5.41, 5.74) is 3.84. The van der Waals surface area contributed by atoms with Crippen LogP contribution in [0.3, 0.4) is 0 Å². The van der Waals surface area contributed by atoms with Crippen molar-refractivity contribution in [2.45, 2.75) is 58.9 Å². The molecule has 0 atom stereocenters. The fourth-order valence-corrected chi connectivity index (χ4v) is 3.05. The minimum Gasteiger partial charge on any atom is -0.345 e. The Morgan fingerprint density at radius 1 is 0.952 bits per heavy atom. The maximum Gasteiger partial charge on any atom is 0.313 e. The van der Waals surface area contributed by atoms with E-state index < -0.39 is 11.8 Å². The Kier molecular flexibility index (Phi) is 4.99. The highest BCUT2D eigenvalue weighted by Crippen LogP contribution is 2.22. The quantitative estimate of drug-likeness (QED) is 0.822. The zero-order chi connectivity index (χ0) is 15.4. The highest BCUT2D eigenvalue weighted by molar-refractivity contribution is 6.39. The molecule has 114 valence electrons. The number of anilines is 1. The molecular weight excluding hydrogens is 264 g/mol. The average Bonchev–Trinajstić information content (AvgIpc) is 2.43. The molecule has 0 heterocycles. The monoisotopic (exact) mass is 288 g/mol. The Morgan fingerprint density at radius 2 is 1.52 bits per heavy atom. The highest BCUT2D eigenvalue weighted by Gasteiger charge is 2.21. The molecule has 2 N–H and O–H groups in total. The third-order valence-corrected chi connectivity index (χ3v) is 4.06. The zero-order valence-electron chi connectivity index (χ0n) is 13.1. The van der Waals surface area contributed by atoms with Gasteiger partial charge in [-0.05, 0) is 44.7 Å². The van der Waals surface area contributed by atoms with Crippen LogP contribution in [0.5, 0.6) is 0 Å². The predicted molar refractivity (Wildman–Crippen MR) is 84.3 cm³/mol. The summed E-state index contributed by atoms with van der Waals surface area (Å²) in [5, 5.41) is 5.58. The molecular formula is C17H24N2O2. The largest absolute Gasteiger partial charge is 0.345 e. The number of benzene rings is 1. The van der Waals surface area contributed by atoms with Gasteiger partial charge in [0.05, 0.1) is 0 Å². The molecule has 1 aromatic rings. The molecule has 4 heteroatoms. The Bertz CT molecular complexity index is 523. The van der Waals surface area contributed by atoms with Crippen LogP contribution in [0.25, 0.3) is 0 Å². The van der Waals surface area contributed by atoms with E-state index in [1.165, 1.54) is 6.42 Å². The number of rotatable bonds is 2. The molecule has 1 aliphatic carbocycles. The first kappa shape index (κ1) is 15.5. The Labute approximate surface area is 126 Å². The van der Waals surface area contributed by atoms with Crippen molar-refractivity contribution in [1.82, 2.24) is 5.32 Å². The van der Waals surface area contributed by atoms with E-state index in [1.807, 2.05) is 32.9 Å². The average molecular weight is 288 g/mol. The summed E-state index contributed by atoms with van der Waals surface area (Å²) in [5.74, 6) is -1.10. The maximum absolute atomic E-state index is 12.1. The van der Waals surface area contributed by atoms with Crippen LogP contribution in [0.2, 0.25) is 0 Å². The molecule has 2 amide bonds. The second-order valence-electron chi connectivity index (χ2n) is 6.04. The molecule has 21 heavy (non-hydrogen) atoms. The van der Waals surface area contributed by atoms with Crippen LogP contribution in [-0.4, -0.2) is 17.9 Å². The summed E-state index contributed by atoms with van der Waals surface area (Å²) in [6.45, 7) is 5.89. The minimum atomic E-state index is -0.573. The van der Waals surface area contributed by atoms with Crippen LogP contribution in [0, 0.1) is 20.8 Å². The van der Waals surface area contributed by atoms with Gasteiger partial charge in [0.2, 0.25) is 0 Å². The van der Waals surface area contributed by atoms with Gasteiger partial charge in [0.25, 0.3) is 0 Å². The van der Waals surface area contributed by atoms with E-state index in [9.17, 15) is 9.59 Å². The van der Waals surface area contributed by atoms with Crippen LogP contribution in [0.15, 0.2) is 12.1 Å². The van der Waals surface area contributed by atoms with Gasteiger partial charge >= 0.3 is 11.8 Å². The summed E-state index contributed by atoms with van der Waals surface area (Å²) >= 11 is 0. The number of amides is 2. The van der Waals surface area contributed by atoms with E-state index in [0.29, 0.717) is 0 Å². The van der Waals surface area contributed by atoms with Crippen LogP contribution >= 0.6 is 0 Å². The zero-order valence-corrected chi connectivity index (χ0v) is 13.1. The van der Waals surface area contributed by atoms with Crippen molar-refractivity contribution in [3.8, 4) is 0 Å². The Balaban J connectivity index is 1.99. The van der Waals surface area contributed by atoms with Crippen LogP contribution in [0.4, 0.5) is 5.69 Å². The first-order chi connectivity index (χ1) is 9.97. The lowest BCUT2D eigenvalue weighted by Crippen LogP contribution is -2.42. The summed E-state index contributed by atoms with van der Waals surface area (Å²) in [6, 6.07) is 4.15. The first-order valence-electron chi connectivity index (χ1n) is 7.67. The third kappa shape index (κ3) is 4.06. The molecule has 0 saturated heterocycles. The molecule has 1 fully saturated rings. The highest BCUT2D eigenvalue weighted by atomic mass is 16.2.